The summed E-state index contributed by atoms with van der Waals surface area (Å²) < 4.78 is 0. The number of nitrogens with one attached hydrogen (secondary N) is 1. The van der Waals surface area contributed by atoms with Crippen molar-refractivity contribution in [3.05, 3.63) is 0 Å². The van der Waals surface area contributed by atoms with E-state index < -0.39 is 0 Å². The molecular formula is C11H25NO2. The predicted octanol–water partition coefficient (Wildman–Crippen LogP) is 1.15. The molecule has 3 nitrogen and oxygen atoms in total. The van der Waals surface area contributed by atoms with Crippen LogP contribution in [0.2, 0.25) is 0 Å². The number of aliphatic hydroxyl groups is 2. The summed E-state index contributed by atoms with van der Waals surface area (Å²) in [6, 6.07) is 0.240. The van der Waals surface area contributed by atoms with Crippen molar-refractivity contribution in [3.8, 4) is 0 Å². The molecule has 0 aliphatic rings. The molecule has 0 fully saturated rings. The lowest BCUT2D eigenvalue weighted by Gasteiger charge is -2.15. The maximum Gasteiger partial charge on any atom is 0.0584 e. The van der Waals surface area contributed by atoms with E-state index in [0.29, 0.717) is 12.5 Å². The number of hydrogen-bond donors (Lipinski definition) is 3. The Balaban J connectivity index is 3.35. The SMILES string of the molecule is CCC(CO)CCCNC(CC)CO. The van der Waals surface area contributed by atoms with E-state index >= 15 is 0 Å². The van der Waals surface area contributed by atoms with Crippen molar-refractivity contribution in [2.75, 3.05) is 19.8 Å². The molecule has 0 bridgehead atoms. The third kappa shape index (κ3) is 6.35. The zero-order chi connectivity index (χ0) is 10.8. The lowest BCUT2D eigenvalue weighted by atomic mass is 10.0. The van der Waals surface area contributed by atoms with Gasteiger partial charge < -0.3 is 15.5 Å². The molecule has 0 aromatic heterocycles. The Hall–Kier alpha value is -0.120. The van der Waals surface area contributed by atoms with E-state index in [2.05, 4.69) is 19.2 Å². The molecule has 0 saturated heterocycles. The molecule has 0 aromatic carbocycles. The van der Waals surface area contributed by atoms with Crippen molar-refractivity contribution in [2.24, 2.45) is 5.92 Å². The van der Waals surface area contributed by atoms with Gasteiger partial charge in [-0.1, -0.05) is 20.3 Å². The quantitative estimate of drug-likeness (QED) is 0.493. The molecule has 0 amide bonds. The minimum absolute atomic E-state index is 0.216. The first kappa shape index (κ1) is 13.9. The van der Waals surface area contributed by atoms with Crippen LogP contribution in [0.15, 0.2) is 0 Å². The van der Waals surface area contributed by atoms with Gasteiger partial charge in [0.25, 0.3) is 0 Å². The third-order valence-electron chi connectivity index (χ3n) is 2.77. The van der Waals surface area contributed by atoms with Gasteiger partial charge in [-0.2, -0.15) is 0 Å². The van der Waals surface area contributed by atoms with Crippen LogP contribution in [-0.4, -0.2) is 36.0 Å². The average Bonchev–Trinajstić information content (AvgIpc) is 2.24. The number of aliphatic hydroxyl groups excluding tert-OH is 2. The van der Waals surface area contributed by atoms with E-state index in [4.69, 9.17) is 10.2 Å². The van der Waals surface area contributed by atoms with Crippen molar-refractivity contribution in [1.82, 2.24) is 5.32 Å². The summed E-state index contributed by atoms with van der Waals surface area (Å²) in [4.78, 5) is 0. The monoisotopic (exact) mass is 203 g/mol. The second-order valence-electron chi connectivity index (χ2n) is 3.84. The van der Waals surface area contributed by atoms with E-state index in [9.17, 15) is 0 Å². The Labute approximate surface area is 87.5 Å². The fraction of sp³-hybridized carbons (Fsp3) is 1.00. The molecule has 0 heterocycles. The Morgan fingerprint density at radius 3 is 2.21 bits per heavy atom. The molecule has 3 heteroatoms. The molecule has 3 N–H and O–H groups in total. The molecule has 86 valence electrons. The highest BCUT2D eigenvalue weighted by molar-refractivity contribution is 4.63. The zero-order valence-corrected chi connectivity index (χ0v) is 9.50. The summed E-state index contributed by atoms with van der Waals surface area (Å²) in [7, 11) is 0. The molecule has 0 rings (SSSR count). The van der Waals surface area contributed by atoms with Crippen molar-refractivity contribution in [2.45, 2.75) is 45.6 Å². The normalized spacial score (nSPS) is 15.4. The lowest BCUT2D eigenvalue weighted by molar-refractivity contribution is 0.208. The number of rotatable bonds is 9. The van der Waals surface area contributed by atoms with Gasteiger partial charge in [-0.15, -0.1) is 0 Å². The molecule has 0 aromatic rings. The highest BCUT2D eigenvalue weighted by Gasteiger charge is 2.05. The second-order valence-corrected chi connectivity index (χ2v) is 3.84. The summed E-state index contributed by atoms with van der Waals surface area (Å²) in [5.41, 5.74) is 0. The molecule has 0 aliphatic carbocycles. The van der Waals surface area contributed by atoms with Crippen LogP contribution in [0.25, 0.3) is 0 Å². The summed E-state index contributed by atoms with van der Waals surface area (Å²) in [5.74, 6) is 0.450. The topological polar surface area (TPSA) is 52.5 Å². The van der Waals surface area contributed by atoms with Gasteiger partial charge in [-0.3, -0.25) is 0 Å². The first-order chi connectivity index (χ1) is 6.78. The Kier molecular flexibility index (Phi) is 9.35. The first-order valence-electron chi connectivity index (χ1n) is 5.73. The smallest absolute Gasteiger partial charge is 0.0584 e. The van der Waals surface area contributed by atoms with Gasteiger partial charge in [0.15, 0.2) is 0 Å². The van der Waals surface area contributed by atoms with Crippen LogP contribution in [0.4, 0.5) is 0 Å². The summed E-state index contributed by atoms with van der Waals surface area (Å²) >= 11 is 0. The summed E-state index contributed by atoms with van der Waals surface area (Å²) in [5, 5.41) is 21.2. The van der Waals surface area contributed by atoms with Crippen LogP contribution in [0.1, 0.15) is 39.5 Å². The third-order valence-corrected chi connectivity index (χ3v) is 2.77. The fourth-order valence-corrected chi connectivity index (χ4v) is 1.46. The van der Waals surface area contributed by atoms with Gasteiger partial charge in [0.2, 0.25) is 0 Å². The maximum atomic E-state index is 8.97. The van der Waals surface area contributed by atoms with Crippen molar-refractivity contribution >= 4 is 0 Å². The van der Waals surface area contributed by atoms with Gasteiger partial charge >= 0.3 is 0 Å². The van der Waals surface area contributed by atoms with E-state index in [0.717, 1.165) is 32.2 Å². The highest BCUT2D eigenvalue weighted by atomic mass is 16.3. The lowest BCUT2D eigenvalue weighted by Crippen LogP contribution is -2.32. The Morgan fingerprint density at radius 2 is 1.79 bits per heavy atom. The van der Waals surface area contributed by atoms with E-state index in [1.807, 2.05) is 0 Å². The van der Waals surface area contributed by atoms with Crippen molar-refractivity contribution in [1.29, 1.82) is 0 Å². The van der Waals surface area contributed by atoms with Gasteiger partial charge in [0, 0.05) is 12.6 Å². The van der Waals surface area contributed by atoms with Crippen molar-refractivity contribution in [3.63, 3.8) is 0 Å². The molecule has 2 atom stereocenters. The van der Waals surface area contributed by atoms with Crippen LogP contribution in [0, 0.1) is 5.92 Å². The largest absolute Gasteiger partial charge is 0.396 e. The van der Waals surface area contributed by atoms with Crippen LogP contribution in [-0.2, 0) is 0 Å². The molecular weight excluding hydrogens is 178 g/mol. The van der Waals surface area contributed by atoms with Gasteiger partial charge in [-0.05, 0) is 31.7 Å². The van der Waals surface area contributed by atoms with E-state index in [1.165, 1.54) is 0 Å². The Bertz CT molecular complexity index is 97.9. The molecule has 0 saturated carbocycles. The molecule has 0 spiro atoms. The van der Waals surface area contributed by atoms with Crippen LogP contribution in [0.3, 0.4) is 0 Å². The van der Waals surface area contributed by atoms with Crippen LogP contribution in [0.5, 0.6) is 0 Å². The standard InChI is InChI=1S/C11H25NO2/c1-3-10(8-13)6-5-7-12-11(4-2)9-14/h10-14H,3-9H2,1-2H3. The van der Waals surface area contributed by atoms with Gasteiger partial charge in [-0.25, -0.2) is 0 Å². The summed E-state index contributed by atoms with van der Waals surface area (Å²) in [6.07, 6.45) is 4.17. The fourth-order valence-electron chi connectivity index (χ4n) is 1.46. The minimum atomic E-state index is 0.216. The average molecular weight is 203 g/mol. The van der Waals surface area contributed by atoms with Gasteiger partial charge in [0.05, 0.1) is 6.61 Å². The highest BCUT2D eigenvalue weighted by Crippen LogP contribution is 2.08. The van der Waals surface area contributed by atoms with Gasteiger partial charge in [0.1, 0.15) is 0 Å². The maximum absolute atomic E-state index is 8.97. The van der Waals surface area contributed by atoms with E-state index in [-0.39, 0.29) is 12.6 Å². The Morgan fingerprint density at radius 1 is 1.07 bits per heavy atom. The van der Waals surface area contributed by atoms with Crippen LogP contribution < -0.4 is 5.32 Å². The molecule has 14 heavy (non-hydrogen) atoms. The van der Waals surface area contributed by atoms with Crippen LogP contribution >= 0.6 is 0 Å². The second kappa shape index (κ2) is 9.44. The summed E-state index contributed by atoms with van der Waals surface area (Å²) in [6.45, 7) is 5.63. The zero-order valence-electron chi connectivity index (χ0n) is 9.50. The predicted molar refractivity (Wildman–Crippen MR) is 59.3 cm³/mol. The minimum Gasteiger partial charge on any atom is -0.396 e. The molecule has 0 radical (unpaired) electrons. The molecule has 0 aliphatic heterocycles. The molecule has 2 unspecified atom stereocenters. The van der Waals surface area contributed by atoms with Crippen molar-refractivity contribution < 1.29 is 10.2 Å². The first-order valence-corrected chi connectivity index (χ1v) is 5.73. The van der Waals surface area contributed by atoms with E-state index in [1.54, 1.807) is 0 Å². The number of hydrogen-bond acceptors (Lipinski definition) is 3.